The number of aromatic amines is 1. The van der Waals surface area contributed by atoms with Gasteiger partial charge in [-0.25, -0.2) is 4.98 Å². The van der Waals surface area contributed by atoms with Crippen LogP contribution in [0.1, 0.15) is 12.5 Å². The summed E-state index contributed by atoms with van der Waals surface area (Å²) in [4.78, 5) is 22.4. The number of benzene rings is 2. The SMILES string of the molecule is COc1ccc2nc(SCC(=O)N3c4ccccc4C[C@@H]3C)[nH]c2c1. The number of H-pyrrole nitrogens is 1. The van der Waals surface area contributed by atoms with E-state index in [1.165, 1.54) is 17.3 Å². The summed E-state index contributed by atoms with van der Waals surface area (Å²) in [5, 5.41) is 0.747. The van der Waals surface area contributed by atoms with E-state index in [0.717, 1.165) is 34.0 Å². The van der Waals surface area contributed by atoms with E-state index in [1.54, 1.807) is 7.11 Å². The Bertz CT molecular complexity index is 937. The van der Waals surface area contributed by atoms with Crippen molar-refractivity contribution in [1.29, 1.82) is 0 Å². The number of para-hydroxylation sites is 1. The maximum Gasteiger partial charge on any atom is 0.237 e. The third-order valence-electron chi connectivity index (χ3n) is 4.48. The minimum atomic E-state index is 0.112. The molecule has 2 heterocycles. The van der Waals surface area contributed by atoms with Crippen LogP contribution in [0, 0.1) is 0 Å². The van der Waals surface area contributed by atoms with Crippen molar-refractivity contribution in [1.82, 2.24) is 9.97 Å². The van der Waals surface area contributed by atoms with E-state index in [9.17, 15) is 4.79 Å². The quantitative estimate of drug-likeness (QED) is 0.728. The monoisotopic (exact) mass is 353 g/mol. The van der Waals surface area contributed by atoms with Gasteiger partial charge >= 0.3 is 0 Å². The standard InChI is InChI=1S/C19H19N3O2S/c1-12-9-13-5-3-4-6-17(13)22(12)18(23)11-25-19-20-15-8-7-14(24-2)10-16(15)21-19/h3-8,10,12H,9,11H2,1-2H3,(H,20,21)/t12-/m0/s1. The zero-order chi connectivity index (χ0) is 17.4. The van der Waals surface area contributed by atoms with Gasteiger partial charge in [-0.3, -0.25) is 4.79 Å². The molecule has 0 aliphatic carbocycles. The maximum absolute atomic E-state index is 12.8. The van der Waals surface area contributed by atoms with Crippen molar-refractivity contribution in [2.75, 3.05) is 17.8 Å². The predicted molar refractivity (Wildman–Crippen MR) is 100 cm³/mol. The normalized spacial score (nSPS) is 16.2. The third kappa shape index (κ3) is 2.98. The highest BCUT2D eigenvalue weighted by molar-refractivity contribution is 7.99. The number of rotatable bonds is 4. The molecular weight excluding hydrogens is 334 g/mol. The number of aromatic nitrogens is 2. The van der Waals surface area contributed by atoms with Crippen molar-refractivity contribution in [2.24, 2.45) is 0 Å². The Balaban J connectivity index is 1.49. The van der Waals surface area contributed by atoms with Crippen molar-refractivity contribution in [2.45, 2.75) is 24.5 Å². The number of amides is 1. The molecule has 2 aromatic carbocycles. The molecule has 128 valence electrons. The molecule has 0 radical (unpaired) electrons. The van der Waals surface area contributed by atoms with E-state index in [4.69, 9.17) is 4.74 Å². The lowest BCUT2D eigenvalue weighted by Gasteiger charge is -2.22. The fourth-order valence-corrected chi connectivity index (χ4v) is 4.05. The molecule has 0 saturated carbocycles. The Hall–Kier alpha value is -2.47. The van der Waals surface area contributed by atoms with Crippen molar-refractivity contribution >= 4 is 34.4 Å². The second kappa shape index (κ2) is 6.44. The zero-order valence-electron chi connectivity index (χ0n) is 14.2. The number of anilines is 1. The van der Waals surface area contributed by atoms with Crippen LogP contribution in [0.15, 0.2) is 47.6 Å². The number of ether oxygens (including phenoxy) is 1. The van der Waals surface area contributed by atoms with Crippen LogP contribution in [0.25, 0.3) is 11.0 Å². The van der Waals surface area contributed by atoms with Gasteiger partial charge in [0.05, 0.1) is 23.9 Å². The number of methoxy groups -OCH3 is 1. The van der Waals surface area contributed by atoms with Crippen LogP contribution in [-0.4, -0.2) is 34.8 Å². The molecule has 3 aromatic rings. The molecule has 5 nitrogen and oxygen atoms in total. The Morgan fingerprint density at radius 2 is 2.20 bits per heavy atom. The lowest BCUT2D eigenvalue weighted by Crippen LogP contribution is -2.36. The average molecular weight is 353 g/mol. The molecule has 1 aromatic heterocycles. The average Bonchev–Trinajstić information content (AvgIpc) is 3.18. The Kier molecular flexibility index (Phi) is 4.13. The first-order valence-corrected chi connectivity index (χ1v) is 9.21. The molecule has 0 spiro atoms. The van der Waals surface area contributed by atoms with Crippen molar-refractivity contribution in [3.63, 3.8) is 0 Å². The van der Waals surface area contributed by atoms with E-state index in [2.05, 4.69) is 23.0 Å². The Labute approximate surface area is 150 Å². The summed E-state index contributed by atoms with van der Waals surface area (Å²) in [5.74, 6) is 1.25. The molecule has 1 aliphatic heterocycles. The Morgan fingerprint density at radius 3 is 3.04 bits per heavy atom. The number of imidazole rings is 1. The molecule has 1 aliphatic rings. The first-order chi connectivity index (χ1) is 12.2. The smallest absolute Gasteiger partial charge is 0.237 e. The number of carbonyl (C=O) groups excluding carboxylic acids is 1. The highest BCUT2D eigenvalue weighted by Gasteiger charge is 2.30. The number of carbonyl (C=O) groups is 1. The number of thioether (sulfide) groups is 1. The lowest BCUT2D eigenvalue weighted by atomic mass is 10.1. The van der Waals surface area contributed by atoms with Crippen LogP contribution in [0.4, 0.5) is 5.69 Å². The summed E-state index contributed by atoms with van der Waals surface area (Å²) in [6.45, 7) is 2.09. The third-order valence-corrected chi connectivity index (χ3v) is 5.33. The van der Waals surface area contributed by atoms with E-state index >= 15 is 0 Å². The van der Waals surface area contributed by atoms with Gasteiger partial charge in [0.25, 0.3) is 0 Å². The number of nitrogens with one attached hydrogen (secondary N) is 1. The highest BCUT2D eigenvalue weighted by atomic mass is 32.2. The number of nitrogens with zero attached hydrogens (tertiary/aromatic N) is 2. The van der Waals surface area contributed by atoms with Gasteiger partial charge in [0, 0.05) is 17.8 Å². The number of hydrogen-bond donors (Lipinski definition) is 1. The van der Waals surface area contributed by atoms with Crippen molar-refractivity contribution in [3.05, 3.63) is 48.0 Å². The first-order valence-electron chi connectivity index (χ1n) is 8.22. The van der Waals surface area contributed by atoms with Gasteiger partial charge in [-0.1, -0.05) is 30.0 Å². The fraction of sp³-hybridized carbons (Fsp3) is 0.263. The van der Waals surface area contributed by atoms with Crippen LogP contribution >= 0.6 is 11.8 Å². The Morgan fingerprint density at radius 1 is 1.36 bits per heavy atom. The molecule has 1 N–H and O–H groups in total. The molecule has 25 heavy (non-hydrogen) atoms. The van der Waals surface area contributed by atoms with E-state index in [1.807, 2.05) is 41.3 Å². The van der Waals surface area contributed by atoms with Crippen LogP contribution in [0.3, 0.4) is 0 Å². The minimum Gasteiger partial charge on any atom is -0.497 e. The van der Waals surface area contributed by atoms with E-state index < -0.39 is 0 Å². The summed E-state index contributed by atoms with van der Waals surface area (Å²) < 4.78 is 5.23. The summed E-state index contributed by atoms with van der Waals surface area (Å²) in [7, 11) is 1.64. The fourth-order valence-electron chi connectivity index (χ4n) is 3.31. The molecule has 1 atom stereocenters. The molecule has 6 heteroatoms. The zero-order valence-corrected chi connectivity index (χ0v) is 15.0. The van der Waals surface area contributed by atoms with Crippen LogP contribution in [0.5, 0.6) is 5.75 Å². The summed E-state index contributed by atoms with van der Waals surface area (Å²) >= 11 is 1.43. The van der Waals surface area contributed by atoms with Gasteiger partial charge in [0.1, 0.15) is 5.75 Å². The molecule has 0 saturated heterocycles. The molecule has 4 rings (SSSR count). The topological polar surface area (TPSA) is 58.2 Å². The predicted octanol–water partition coefficient (Wildman–Crippen LogP) is 3.64. The van der Waals surface area contributed by atoms with Crippen LogP contribution in [-0.2, 0) is 11.2 Å². The summed E-state index contributed by atoms with van der Waals surface area (Å²) in [6, 6.07) is 14.0. The van der Waals surface area contributed by atoms with Crippen LogP contribution in [0.2, 0.25) is 0 Å². The first kappa shape index (κ1) is 16.0. The van der Waals surface area contributed by atoms with Gasteiger partial charge in [0.15, 0.2) is 5.16 Å². The summed E-state index contributed by atoms with van der Waals surface area (Å²) in [5.41, 5.74) is 4.06. The molecule has 0 unspecified atom stereocenters. The molecule has 0 fully saturated rings. The summed E-state index contributed by atoms with van der Waals surface area (Å²) in [6.07, 6.45) is 0.914. The lowest BCUT2D eigenvalue weighted by molar-refractivity contribution is -0.116. The van der Waals surface area contributed by atoms with Gasteiger partial charge in [0.2, 0.25) is 5.91 Å². The second-order valence-corrected chi connectivity index (χ2v) is 7.12. The van der Waals surface area contributed by atoms with Gasteiger partial charge in [-0.2, -0.15) is 0 Å². The minimum absolute atomic E-state index is 0.112. The molecular formula is C19H19N3O2S. The highest BCUT2D eigenvalue weighted by Crippen LogP contribution is 2.33. The van der Waals surface area contributed by atoms with Gasteiger partial charge < -0.3 is 14.6 Å². The van der Waals surface area contributed by atoms with Gasteiger partial charge in [-0.05, 0) is 37.1 Å². The largest absolute Gasteiger partial charge is 0.497 e. The van der Waals surface area contributed by atoms with E-state index in [-0.39, 0.29) is 11.9 Å². The second-order valence-electron chi connectivity index (χ2n) is 6.16. The molecule has 1 amide bonds. The van der Waals surface area contributed by atoms with Gasteiger partial charge in [-0.15, -0.1) is 0 Å². The number of fused-ring (bicyclic) bond motifs is 2. The van der Waals surface area contributed by atoms with E-state index in [0.29, 0.717) is 5.75 Å². The van der Waals surface area contributed by atoms with Crippen LogP contribution < -0.4 is 9.64 Å². The van der Waals surface area contributed by atoms with Crippen molar-refractivity contribution in [3.8, 4) is 5.75 Å². The van der Waals surface area contributed by atoms with Crippen molar-refractivity contribution < 1.29 is 9.53 Å². The maximum atomic E-state index is 12.8. The molecule has 0 bridgehead atoms. The number of hydrogen-bond acceptors (Lipinski definition) is 4.